The fraction of sp³-hybridized carbons (Fsp3) is 0.727. The Morgan fingerprint density at radius 1 is 1.47 bits per heavy atom. The van der Waals surface area contributed by atoms with Gasteiger partial charge in [0.15, 0.2) is 0 Å². The van der Waals surface area contributed by atoms with Crippen LogP contribution in [0.2, 0.25) is 0 Å². The highest BCUT2D eigenvalue weighted by molar-refractivity contribution is 5.85. The van der Waals surface area contributed by atoms with Gasteiger partial charge in [0.05, 0.1) is 6.20 Å². The van der Waals surface area contributed by atoms with Crippen LogP contribution in [-0.2, 0) is 13.5 Å². The maximum absolute atomic E-state index is 5.74. The summed E-state index contributed by atoms with van der Waals surface area (Å²) in [5, 5.41) is 4.17. The Hall–Kier alpha value is -0.290. The van der Waals surface area contributed by atoms with Crippen LogP contribution >= 0.6 is 24.8 Å². The van der Waals surface area contributed by atoms with Gasteiger partial charge in [0.2, 0.25) is 0 Å². The van der Waals surface area contributed by atoms with Crippen LogP contribution in [0.1, 0.15) is 18.4 Å². The van der Waals surface area contributed by atoms with Crippen molar-refractivity contribution in [3.63, 3.8) is 0 Å². The molecule has 17 heavy (non-hydrogen) atoms. The SMILES string of the molecule is Cl.Cl.Cn1cc(CCN2CCCC2CN)cn1. The van der Waals surface area contributed by atoms with E-state index in [1.54, 1.807) is 0 Å². The second-order valence-corrected chi connectivity index (χ2v) is 4.34. The van der Waals surface area contributed by atoms with Crippen molar-refractivity contribution in [3.05, 3.63) is 18.0 Å². The predicted octanol–water partition coefficient (Wildman–Crippen LogP) is 1.23. The molecule has 2 heterocycles. The lowest BCUT2D eigenvalue weighted by Gasteiger charge is -2.22. The Labute approximate surface area is 115 Å². The number of aryl methyl sites for hydroxylation is 1. The van der Waals surface area contributed by atoms with E-state index >= 15 is 0 Å². The van der Waals surface area contributed by atoms with Gasteiger partial charge in [0, 0.05) is 32.4 Å². The summed E-state index contributed by atoms with van der Waals surface area (Å²) in [6.07, 6.45) is 7.70. The molecule has 1 atom stereocenters. The van der Waals surface area contributed by atoms with Crippen molar-refractivity contribution in [1.82, 2.24) is 14.7 Å². The second-order valence-electron chi connectivity index (χ2n) is 4.34. The van der Waals surface area contributed by atoms with Crippen molar-refractivity contribution < 1.29 is 0 Å². The largest absolute Gasteiger partial charge is 0.329 e. The first-order valence-electron chi connectivity index (χ1n) is 5.71. The van der Waals surface area contributed by atoms with Crippen molar-refractivity contribution in [2.75, 3.05) is 19.6 Å². The Morgan fingerprint density at radius 3 is 2.82 bits per heavy atom. The van der Waals surface area contributed by atoms with Gasteiger partial charge < -0.3 is 5.73 Å². The van der Waals surface area contributed by atoms with Gasteiger partial charge in [-0.1, -0.05) is 0 Å². The highest BCUT2D eigenvalue weighted by Gasteiger charge is 2.22. The van der Waals surface area contributed by atoms with Gasteiger partial charge >= 0.3 is 0 Å². The van der Waals surface area contributed by atoms with Crippen molar-refractivity contribution in [1.29, 1.82) is 0 Å². The Balaban J connectivity index is 0.00000128. The van der Waals surface area contributed by atoms with Crippen molar-refractivity contribution in [2.24, 2.45) is 12.8 Å². The zero-order valence-corrected chi connectivity index (χ0v) is 11.8. The molecule has 2 N–H and O–H groups in total. The minimum atomic E-state index is 0. The third-order valence-electron chi connectivity index (χ3n) is 3.22. The fourth-order valence-electron chi connectivity index (χ4n) is 2.33. The van der Waals surface area contributed by atoms with Crippen LogP contribution in [0.15, 0.2) is 12.4 Å². The van der Waals surface area contributed by atoms with Crippen LogP contribution in [0.3, 0.4) is 0 Å². The molecule has 1 fully saturated rings. The smallest absolute Gasteiger partial charge is 0.0522 e. The van der Waals surface area contributed by atoms with E-state index in [4.69, 9.17) is 5.73 Å². The zero-order valence-electron chi connectivity index (χ0n) is 10.2. The molecular weight excluding hydrogens is 259 g/mol. The molecule has 1 unspecified atom stereocenters. The molecule has 6 heteroatoms. The van der Waals surface area contributed by atoms with Crippen molar-refractivity contribution in [3.8, 4) is 0 Å². The quantitative estimate of drug-likeness (QED) is 0.903. The molecule has 1 aromatic rings. The molecular formula is C11H22Cl2N4. The summed E-state index contributed by atoms with van der Waals surface area (Å²) in [6.45, 7) is 3.13. The summed E-state index contributed by atoms with van der Waals surface area (Å²) in [6, 6.07) is 0.613. The summed E-state index contributed by atoms with van der Waals surface area (Å²) in [7, 11) is 1.96. The average Bonchev–Trinajstić information content (AvgIpc) is 2.83. The molecule has 0 saturated carbocycles. The lowest BCUT2D eigenvalue weighted by atomic mass is 10.2. The maximum Gasteiger partial charge on any atom is 0.0522 e. The predicted molar refractivity (Wildman–Crippen MR) is 75.1 cm³/mol. The van der Waals surface area contributed by atoms with Crippen LogP contribution in [0, 0.1) is 0 Å². The molecule has 0 radical (unpaired) electrons. The van der Waals surface area contributed by atoms with E-state index in [0.29, 0.717) is 6.04 Å². The van der Waals surface area contributed by atoms with Gasteiger partial charge in [-0.05, 0) is 31.4 Å². The van der Waals surface area contributed by atoms with E-state index < -0.39 is 0 Å². The van der Waals surface area contributed by atoms with Crippen LogP contribution in [0.5, 0.6) is 0 Å². The number of nitrogens with two attached hydrogens (primary N) is 1. The molecule has 2 rings (SSSR count). The lowest BCUT2D eigenvalue weighted by Crippen LogP contribution is -2.36. The number of likely N-dealkylation sites (tertiary alicyclic amines) is 1. The van der Waals surface area contributed by atoms with Crippen LogP contribution < -0.4 is 5.73 Å². The normalized spacial score (nSPS) is 19.8. The van der Waals surface area contributed by atoms with Crippen molar-refractivity contribution >= 4 is 24.8 Å². The number of hydrogen-bond donors (Lipinski definition) is 1. The third kappa shape index (κ3) is 4.47. The number of nitrogens with zero attached hydrogens (tertiary/aromatic N) is 3. The number of aromatic nitrogens is 2. The molecule has 100 valence electrons. The number of halogens is 2. The number of hydrogen-bond acceptors (Lipinski definition) is 3. The Kier molecular flexibility index (Phi) is 7.79. The fourth-order valence-corrected chi connectivity index (χ4v) is 2.33. The molecule has 1 saturated heterocycles. The maximum atomic E-state index is 5.74. The molecule has 1 aliphatic heterocycles. The van der Waals surface area contributed by atoms with E-state index in [2.05, 4.69) is 16.2 Å². The van der Waals surface area contributed by atoms with Crippen LogP contribution in [0.25, 0.3) is 0 Å². The van der Waals surface area contributed by atoms with Gasteiger partial charge in [-0.2, -0.15) is 5.10 Å². The van der Waals surface area contributed by atoms with E-state index in [1.807, 2.05) is 17.9 Å². The van der Waals surface area contributed by atoms with E-state index in [1.165, 1.54) is 24.9 Å². The molecule has 4 nitrogen and oxygen atoms in total. The first-order chi connectivity index (χ1) is 7.29. The molecule has 0 bridgehead atoms. The van der Waals surface area contributed by atoms with Gasteiger partial charge in [0.1, 0.15) is 0 Å². The zero-order chi connectivity index (χ0) is 10.7. The Bertz CT molecular complexity index is 316. The standard InChI is InChI=1S/C11H20N4.2ClH/c1-14-9-10(8-13-14)4-6-15-5-2-3-11(15)7-12;;/h8-9,11H,2-7,12H2,1H3;2*1H. The average molecular weight is 281 g/mol. The topological polar surface area (TPSA) is 47.1 Å². The molecule has 0 aliphatic carbocycles. The highest BCUT2D eigenvalue weighted by atomic mass is 35.5. The molecule has 1 aliphatic rings. The minimum Gasteiger partial charge on any atom is -0.329 e. The molecule has 0 aromatic carbocycles. The summed E-state index contributed by atoms with van der Waals surface area (Å²) in [5.74, 6) is 0. The third-order valence-corrected chi connectivity index (χ3v) is 3.22. The van der Waals surface area contributed by atoms with Crippen molar-refractivity contribution in [2.45, 2.75) is 25.3 Å². The first kappa shape index (κ1) is 16.7. The first-order valence-corrected chi connectivity index (χ1v) is 5.71. The molecule has 0 amide bonds. The Morgan fingerprint density at radius 2 is 2.24 bits per heavy atom. The van der Waals surface area contributed by atoms with Crippen LogP contribution in [-0.4, -0.2) is 40.4 Å². The second kappa shape index (κ2) is 7.93. The monoisotopic (exact) mass is 280 g/mol. The van der Waals surface area contributed by atoms with Gasteiger partial charge in [-0.3, -0.25) is 9.58 Å². The van der Waals surface area contributed by atoms with E-state index in [0.717, 1.165) is 19.5 Å². The van der Waals surface area contributed by atoms with Gasteiger partial charge in [0.25, 0.3) is 0 Å². The van der Waals surface area contributed by atoms with E-state index in [9.17, 15) is 0 Å². The molecule has 0 spiro atoms. The summed E-state index contributed by atoms with van der Waals surface area (Å²) < 4.78 is 1.86. The van der Waals surface area contributed by atoms with Gasteiger partial charge in [-0.15, -0.1) is 24.8 Å². The lowest BCUT2D eigenvalue weighted by molar-refractivity contribution is 0.262. The van der Waals surface area contributed by atoms with E-state index in [-0.39, 0.29) is 24.8 Å². The van der Waals surface area contributed by atoms with Crippen LogP contribution in [0.4, 0.5) is 0 Å². The summed E-state index contributed by atoms with van der Waals surface area (Å²) in [4.78, 5) is 2.51. The minimum absolute atomic E-state index is 0. The highest BCUT2D eigenvalue weighted by Crippen LogP contribution is 2.16. The summed E-state index contributed by atoms with van der Waals surface area (Å²) in [5.41, 5.74) is 7.06. The summed E-state index contributed by atoms with van der Waals surface area (Å²) >= 11 is 0. The van der Waals surface area contributed by atoms with Gasteiger partial charge in [-0.25, -0.2) is 0 Å². The molecule has 1 aromatic heterocycles. The number of rotatable bonds is 4.